The van der Waals surface area contributed by atoms with E-state index in [0.29, 0.717) is 12.3 Å². The Bertz CT molecular complexity index is 950. The van der Waals surface area contributed by atoms with Gasteiger partial charge < -0.3 is 4.90 Å². The third-order valence-corrected chi connectivity index (χ3v) is 7.69. The molecule has 0 fully saturated rings. The lowest BCUT2D eigenvalue weighted by Gasteiger charge is -2.43. The second-order valence-electron chi connectivity index (χ2n) is 10.2. The van der Waals surface area contributed by atoms with Crippen molar-refractivity contribution in [3.63, 3.8) is 0 Å². The van der Waals surface area contributed by atoms with Crippen molar-refractivity contribution in [3.8, 4) is 0 Å². The quantitative estimate of drug-likeness (QED) is 0.581. The molecule has 2 atom stereocenters. The highest BCUT2D eigenvalue weighted by Crippen LogP contribution is 2.53. The van der Waals surface area contributed by atoms with Gasteiger partial charge in [0, 0.05) is 18.5 Å². The summed E-state index contributed by atoms with van der Waals surface area (Å²) in [6, 6.07) is 10.5. The van der Waals surface area contributed by atoms with Crippen LogP contribution < -0.4 is 0 Å². The number of hydrogen-bond acceptors (Lipinski definition) is 2. The maximum Gasteiger partial charge on any atom is 0.250 e. The van der Waals surface area contributed by atoms with E-state index in [1.54, 1.807) is 6.08 Å². The molecule has 1 amide bonds. The molecule has 3 heteroatoms. The van der Waals surface area contributed by atoms with Crippen LogP contribution in [0.4, 0.5) is 0 Å². The SMILES string of the molecule is C=C1CC[C@@H]2CCC3=C([C@@H](CC(C)=CC(=O)C1)N(CCc1ccccc1)C3=O)C2(C)C. The maximum absolute atomic E-state index is 13.6. The fourth-order valence-corrected chi connectivity index (χ4v) is 6.02. The molecule has 1 heterocycles. The average molecular weight is 418 g/mol. The molecule has 0 saturated carbocycles. The summed E-state index contributed by atoms with van der Waals surface area (Å²) in [6.07, 6.45) is 7.71. The molecule has 4 rings (SSSR count). The number of allylic oxidation sites excluding steroid dienone is 2. The van der Waals surface area contributed by atoms with Crippen molar-refractivity contribution in [1.29, 1.82) is 0 Å². The Balaban J connectivity index is 1.70. The Labute approximate surface area is 186 Å². The van der Waals surface area contributed by atoms with Crippen LogP contribution >= 0.6 is 0 Å². The summed E-state index contributed by atoms with van der Waals surface area (Å²) >= 11 is 0. The summed E-state index contributed by atoms with van der Waals surface area (Å²) in [5.74, 6) is 0.883. The smallest absolute Gasteiger partial charge is 0.250 e. The van der Waals surface area contributed by atoms with E-state index in [4.69, 9.17) is 0 Å². The van der Waals surface area contributed by atoms with Crippen molar-refractivity contribution in [1.82, 2.24) is 4.90 Å². The van der Waals surface area contributed by atoms with Crippen LogP contribution in [0.25, 0.3) is 0 Å². The van der Waals surface area contributed by atoms with Gasteiger partial charge in [0.1, 0.15) is 0 Å². The van der Waals surface area contributed by atoms with Gasteiger partial charge in [-0.1, -0.05) is 61.9 Å². The molecule has 0 unspecified atom stereocenters. The van der Waals surface area contributed by atoms with Gasteiger partial charge in [-0.2, -0.15) is 0 Å². The van der Waals surface area contributed by atoms with Gasteiger partial charge in [-0.3, -0.25) is 9.59 Å². The molecular formula is C28H35NO2. The number of carbonyl (C=O) groups is 2. The average Bonchev–Trinajstić information content (AvgIpc) is 2.97. The van der Waals surface area contributed by atoms with E-state index < -0.39 is 0 Å². The van der Waals surface area contributed by atoms with E-state index in [9.17, 15) is 9.59 Å². The van der Waals surface area contributed by atoms with Crippen LogP contribution in [0, 0.1) is 11.3 Å². The Morgan fingerprint density at radius 2 is 1.81 bits per heavy atom. The number of carbonyl (C=O) groups excluding carboxylic acids is 2. The van der Waals surface area contributed by atoms with Gasteiger partial charge in [0.05, 0.1) is 6.04 Å². The van der Waals surface area contributed by atoms with Gasteiger partial charge in [0.25, 0.3) is 0 Å². The highest BCUT2D eigenvalue weighted by molar-refractivity contribution is 5.98. The number of hydrogen-bond donors (Lipinski definition) is 0. The van der Waals surface area contributed by atoms with Crippen molar-refractivity contribution in [2.24, 2.45) is 11.3 Å². The first kappa shape index (κ1) is 21.8. The van der Waals surface area contributed by atoms with Crippen LogP contribution in [-0.4, -0.2) is 29.2 Å². The Hall–Kier alpha value is -2.42. The van der Waals surface area contributed by atoms with Crippen molar-refractivity contribution in [2.75, 3.05) is 6.54 Å². The highest BCUT2D eigenvalue weighted by atomic mass is 16.2. The van der Waals surface area contributed by atoms with Crippen molar-refractivity contribution >= 4 is 11.7 Å². The molecule has 0 radical (unpaired) electrons. The number of nitrogens with zero attached hydrogens (tertiary/aromatic N) is 1. The third kappa shape index (κ3) is 4.33. The Morgan fingerprint density at radius 3 is 2.55 bits per heavy atom. The molecule has 3 aliphatic rings. The van der Waals surface area contributed by atoms with Gasteiger partial charge in [-0.15, -0.1) is 0 Å². The molecule has 2 bridgehead atoms. The highest BCUT2D eigenvalue weighted by Gasteiger charge is 2.49. The number of benzene rings is 1. The van der Waals surface area contributed by atoms with E-state index in [0.717, 1.165) is 61.8 Å². The van der Waals surface area contributed by atoms with Gasteiger partial charge >= 0.3 is 0 Å². The molecule has 1 aliphatic heterocycles. The molecule has 0 N–H and O–H groups in total. The summed E-state index contributed by atoms with van der Waals surface area (Å²) in [7, 11) is 0. The normalized spacial score (nSPS) is 26.5. The summed E-state index contributed by atoms with van der Waals surface area (Å²) in [4.78, 5) is 28.2. The summed E-state index contributed by atoms with van der Waals surface area (Å²) in [6.45, 7) is 11.6. The minimum absolute atomic E-state index is 0.0147. The first-order valence-electron chi connectivity index (χ1n) is 11.7. The van der Waals surface area contributed by atoms with Gasteiger partial charge in [-0.05, 0) is 74.0 Å². The summed E-state index contributed by atoms with van der Waals surface area (Å²) in [5, 5.41) is 0. The van der Waals surface area contributed by atoms with Crippen LogP contribution in [0.15, 0.2) is 65.3 Å². The van der Waals surface area contributed by atoms with Crippen molar-refractivity contribution < 1.29 is 9.59 Å². The molecule has 3 nitrogen and oxygen atoms in total. The van der Waals surface area contributed by atoms with Crippen molar-refractivity contribution in [2.45, 2.75) is 71.8 Å². The lowest BCUT2D eigenvalue weighted by Crippen LogP contribution is -2.41. The lowest BCUT2D eigenvalue weighted by atomic mass is 9.62. The Morgan fingerprint density at radius 1 is 1.10 bits per heavy atom. The maximum atomic E-state index is 13.6. The van der Waals surface area contributed by atoms with Crippen LogP contribution in [0.2, 0.25) is 0 Å². The zero-order chi connectivity index (χ0) is 22.2. The standard InChI is InChI=1S/C28H35NO2/c1-19-10-11-22-12-13-24-26(28(22,3)4)25(18-20(2)17-23(30)16-19)29(27(24)31)15-14-21-8-6-5-7-9-21/h5-9,17,22,25H,1,10-16,18H2,2-4H3/t22-,25-/m1/s1. The largest absolute Gasteiger partial charge is 0.332 e. The first-order valence-corrected chi connectivity index (χ1v) is 11.7. The monoisotopic (exact) mass is 417 g/mol. The predicted molar refractivity (Wildman–Crippen MR) is 126 cm³/mol. The topological polar surface area (TPSA) is 37.4 Å². The van der Waals surface area contributed by atoms with E-state index in [1.165, 1.54) is 11.1 Å². The molecule has 0 saturated heterocycles. The molecule has 0 aromatic heterocycles. The van der Waals surface area contributed by atoms with E-state index >= 15 is 0 Å². The minimum atomic E-state index is -0.0147. The Kier molecular flexibility index (Phi) is 6.05. The van der Waals surface area contributed by atoms with Gasteiger partial charge in [-0.25, -0.2) is 0 Å². The van der Waals surface area contributed by atoms with E-state index in [1.807, 2.05) is 13.0 Å². The number of rotatable bonds is 3. The molecule has 1 aromatic rings. The predicted octanol–water partition coefficient (Wildman–Crippen LogP) is 5.82. The van der Waals surface area contributed by atoms with Crippen LogP contribution in [0.1, 0.15) is 64.9 Å². The van der Waals surface area contributed by atoms with E-state index in [-0.39, 0.29) is 23.1 Å². The zero-order valence-corrected chi connectivity index (χ0v) is 19.2. The van der Waals surface area contributed by atoms with E-state index in [2.05, 4.69) is 49.6 Å². The fourth-order valence-electron chi connectivity index (χ4n) is 6.02. The lowest BCUT2D eigenvalue weighted by molar-refractivity contribution is -0.127. The molecule has 164 valence electrons. The molecule has 1 aromatic carbocycles. The van der Waals surface area contributed by atoms with Crippen LogP contribution in [-0.2, 0) is 16.0 Å². The summed E-state index contributed by atoms with van der Waals surface area (Å²) in [5.41, 5.74) is 5.73. The first-order chi connectivity index (χ1) is 14.8. The van der Waals surface area contributed by atoms with Crippen LogP contribution in [0.5, 0.6) is 0 Å². The number of ketones is 1. The minimum Gasteiger partial charge on any atom is -0.332 e. The van der Waals surface area contributed by atoms with Crippen LogP contribution in [0.3, 0.4) is 0 Å². The number of amides is 1. The zero-order valence-electron chi connectivity index (χ0n) is 19.2. The summed E-state index contributed by atoms with van der Waals surface area (Å²) < 4.78 is 0. The second-order valence-corrected chi connectivity index (χ2v) is 10.2. The third-order valence-electron chi connectivity index (χ3n) is 7.69. The molecule has 0 spiro atoms. The number of fused-ring (bicyclic) bond motifs is 1. The molecule has 2 aliphatic carbocycles. The van der Waals surface area contributed by atoms with Crippen molar-refractivity contribution in [3.05, 3.63) is 70.8 Å². The fraction of sp³-hybridized carbons (Fsp3) is 0.500. The second kappa shape index (κ2) is 8.61. The molecular weight excluding hydrogens is 382 g/mol. The molecule has 31 heavy (non-hydrogen) atoms. The van der Waals surface area contributed by atoms with Gasteiger partial charge in [0.2, 0.25) is 5.91 Å². The van der Waals surface area contributed by atoms with Gasteiger partial charge in [0.15, 0.2) is 5.78 Å².